The van der Waals surface area contributed by atoms with Crippen LogP contribution in [0.3, 0.4) is 0 Å². The Labute approximate surface area is 121 Å². The van der Waals surface area contributed by atoms with E-state index >= 15 is 0 Å². The van der Waals surface area contributed by atoms with Crippen molar-refractivity contribution in [1.82, 2.24) is 9.80 Å². The molecule has 1 rings (SSSR count). The molecule has 5 nitrogen and oxygen atoms in total. The summed E-state index contributed by atoms with van der Waals surface area (Å²) in [6.07, 6.45) is 1.36. The number of hydrogen-bond donors (Lipinski definition) is 2. The molecule has 0 atom stereocenters. The summed E-state index contributed by atoms with van der Waals surface area (Å²) in [6.45, 7) is 2.97. The number of nitrogens with two attached hydrogens (primary N) is 1. The molecule has 0 aliphatic carbocycles. The number of carbonyl (C=O) groups is 1. The van der Waals surface area contributed by atoms with Crippen molar-refractivity contribution in [3.05, 3.63) is 24.3 Å². The molecule has 20 heavy (non-hydrogen) atoms. The number of nitrogens with one attached hydrogen (secondary N) is 1. The minimum Gasteiger partial charge on any atom is -0.397 e. The van der Waals surface area contributed by atoms with Crippen LogP contribution < -0.4 is 11.1 Å². The summed E-state index contributed by atoms with van der Waals surface area (Å²) in [4.78, 5) is 16.2. The van der Waals surface area contributed by atoms with Gasteiger partial charge in [0, 0.05) is 19.5 Å². The van der Waals surface area contributed by atoms with Gasteiger partial charge < -0.3 is 20.9 Å². The number of rotatable bonds is 8. The van der Waals surface area contributed by atoms with Gasteiger partial charge in [0.2, 0.25) is 5.91 Å². The van der Waals surface area contributed by atoms with E-state index in [0.717, 1.165) is 26.1 Å². The second-order valence-electron chi connectivity index (χ2n) is 5.35. The maximum Gasteiger partial charge on any atom is 0.224 e. The second-order valence-corrected chi connectivity index (χ2v) is 5.35. The lowest BCUT2D eigenvalue weighted by Gasteiger charge is -2.19. The summed E-state index contributed by atoms with van der Waals surface area (Å²) in [5.41, 5.74) is 7.08. The van der Waals surface area contributed by atoms with Gasteiger partial charge >= 0.3 is 0 Å². The first-order valence-corrected chi connectivity index (χ1v) is 6.96. The Morgan fingerprint density at radius 1 is 1.15 bits per heavy atom. The van der Waals surface area contributed by atoms with E-state index in [9.17, 15) is 4.79 Å². The van der Waals surface area contributed by atoms with Crippen LogP contribution in [0, 0.1) is 0 Å². The number of benzene rings is 1. The summed E-state index contributed by atoms with van der Waals surface area (Å²) in [7, 11) is 6.20. The van der Waals surface area contributed by atoms with E-state index in [1.54, 1.807) is 6.07 Å². The van der Waals surface area contributed by atoms with Gasteiger partial charge in [0.1, 0.15) is 0 Å². The molecule has 5 heteroatoms. The van der Waals surface area contributed by atoms with E-state index in [4.69, 9.17) is 5.73 Å². The molecule has 0 aliphatic rings. The molecule has 0 bridgehead atoms. The molecule has 112 valence electrons. The minimum absolute atomic E-state index is 0.0175. The Kier molecular flexibility index (Phi) is 7.04. The topological polar surface area (TPSA) is 61.6 Å². The van der Waals surface area contributed by atoms with Crippen molar-refractivity contribution in [2.75, 3.05) is 51.8 Å². The van der Waals surface area contributed by atoms with E-state index in [1.165, 1.54) is 0 Å². The Morgan fingerprint density at radius 3 is 2.50 bits per heavy atom. The average molecular weight is 278 g/mol. The van der Waals surface area contributed by atoms with Crippen molar-refractivity contribution < 1.29 is 4.79 Å². The monoisotopic (exact) mass is 278 g/mol. The predicted molar refractivity (Wildman–Crippen MR) is 84.8 cm³/mol. The number of likely N-dealkylation sites (N-methyl/N-ethyl adjacent to an activating group) is 2. The highest BCUT2D eigenvalue weighted by molar-refractivity contribution is 5.93. The lowest BCUT2D eigenvalue weighted by Crippen LogP contribution is -2.29. The first-order valence-electron chi connectivity index (χ1n) is 6.96. The molecule has 0 aliphatic heterocycles. The molecule has 0 saturated heterocycles. The van der Waals surface area contributed by atoms with Crippen LogP contribution in [0.1, 0.15) is 12.8 Å². The summed E-state index contributed by atoms with van der Waals surface area (Å²) in [5, 5.41) is 2.84. The number of nitrogens with zero attached hydrogens (tertiary/aromatic N) is 2. The quantitative estimate of drug-likeness (QED) is 0.707. The number of hydrogen-bond acceptors (Lipinski definition) is 4. The van der Waals surface area contributed by atoms with E-state index in [1.807, 2.05) is 18.2 Å². The normalized spacial score (nSPS) is 11.1. The maximum atomic E-state index is 11.8. The maximum absolute atomic E-state index is 11.8. The Bertz CT molecular complexity index is 420. The summed E-state index contributed by atoms with van der Waals surface area (Å²) < 4.78 is 0. The van der Waals surface area contributed by atoms with Crippen molar-refractivity contribution in [2.45, 2.75) is 12.8 Å². The number of carbonyl (C=O) groups excluding carboxylic acids is 1. The zero-order valence-corrected chi connectivity index (χ0v) is 12.7. The first-order chi connectivity index (χ1) is 9.49. The van der Waals surface area contributed by atoms with Gasteiger partial charge in [-0.15, -0.1) is 0 Å². The van der Waals surface area contributed by atoms with E-state index in [2.05, 4.69) is 36.3 Å². The third-order valence-electron chi connectivity index (χ3n) is 3.11. The van der Waals surface area contributed by atoms with E-state index in [0.29, 0.717) is 17.8 Å². The van der Waals surface area contributed by atoms with Crippen LogP contribution >= 0.6 is 0 Å². The molecule has 0 unspecified atom stereocenters. The highest BCUT2D eigenvalue weighted by Crippen LogP contribution is 2.16. The van der Waals surface area contributed by atoms with Crippen molar-refractivity contribution in [1.29, 1.82) is 0 Å². The number of anilines is 2. The summed E-state index contributed by atoms with van der Waals surface area (Å²) in [6, 6.07) is 7.31. The molecule has 0 saturated carbocycles. The molecule has 0 spiro atoms. The molecular formula is C15H26N4O. The van der Waals surface area contributed by atoms with Gasteiger partial charge in [0.05, 0.1) is 11.4 Å². The highest BCUT2D eigenvalue weighted by atomic mass is 16.1. The standard InChI is InChI=1S/C15H26N4O/c1-18(2)11-12-19(3)10-6-9-15(20)17-14-8-5-4-7-13(14)16/h4-5,7-8H,6,9-12,16H2,1-3H3,(H,17,20). The SMILES string of the molecule is CN(C)CCN(C)CCCC(=O)Nc1ccccc1N. The first kappa shape index (κ1) is 16.5. The molecule has 0 aromatic heterocycles. The zero-order chi connectivity index (χ0) is 15.0. The van der Waals surface area contributed by atoms with Crippen LogP contribution in [0.5, 0.6) is 0 Å². The Balaban J connectivity index is 2.22. The predicted octanol–water partition coefficient (Wildman–Crippen LogP) is 1.48. The van der Waals surface area contributed by atoms with Crippen molar-refractivity contribution in [3.63, 3.8) is 0 Å². The largest absolute Gasteiger partial charge is 0.397 e. The van der Waals surface area contributed by atoms with Crippen LogP contribution in [0.4, 0.5) is 11.4 Å². The summed E-state index contributed by atoms with van der Waals surface area (Å²) >= 11 is 0. The molecule has 3 N–H and O–H groups in total. The lowest BCUT2D eigenvalue weighted by molar-refractivity contribution is -0.116. The van der Waals surface area contributed by atoms with Gasteiger partial charge in [-0.05, 0) is 46.2 Å². The van der Waals surface area contributed by atoms with Crippen LogP contribution in [-0.4, -0.2) is 56.5 Å². The fourth-order valence-electron chi connectivity index (χ4n) is 1.82. The smallest absolute Gasteiger partial charge is 0.224 e. The van der Waals surface area contributed by atoms with Gasteiger partial charge in [-0.1, -0.05) is 12.1 Å². The number of nitrogen functional groups attached to an aromatic ring is 1. The van der Waals surface area contributed by atoms with Crippen LogP contribution in [0.25, 0.3) is 0 Å². The van der Waals surface area contributed by atoms with Crippen molar-refractivity contribution >= 4 is 17.3 Å². The molecule has 1 aromatic rings. The minimum atomic E-state index is 0.0175. The van der Waals surface area contributed by atoms with E-state index < -0.39 is 0 Å². The van der Waals surface area contributed by atoms with Crippen molar-refractivity contribution in [3.8, 4) is 0 Å². The van der Waals surface area contributed by atoms with Gasteiger partial charge in [-0.2, -0.15) is 0 Å². The third-order valence-corrected chi connectivity index (χ3v) is 3.11. The second kappa shape index (κ2) is 8.55. The molecule has 0 radical (unpaired) electrons. The molecule has 0 fully saturated rings. The van der Waals surface area contributed by atoms with Crippen LogP contribution in [-0.2, 0) is 4.79 Å². The van der Waals surface area contributed by atoms with Crippen LogP contribution in [0.2, 0.25) is 0 Å². The summed E-state index contributed by atoms with van der Waals surface area (Å²) in [5.74, 6) is 0.0175. The van der Waals surface area contributed by atoms with Gasteiger partial charge in [0.15, 0.2) is 0 Å². The Morgan fingerprint density at radius 2 is 1.85 bits per heavy atom. The fourth-order valence-corrected chi connectivity index (χ4v) is 1.82. The molecule has 0 heterocycles. The Hall–Kier alpha value is -1.59. The highest BCUT2D eigenvalue weighted by Gasteiger charge is 2.06. The van der Waals surface area contributed by atoms with Gasteiger partial charge in [-0.3, -0.25) is 4.79 Å². The number of amides is 1. The van der Waals surface area contributed by atoms with Gasteiger partial charge in [-0.25, -0.2) is 0 Å². The molecule has 1 amide bonds. The molecular weight excluding hydrogens is 252 g/mol. The van der Waals surface area contributed by atoms with Gasteiger partial charge in [0.25, 0.3) is 0 Å². The fraction of sp³-hybridized carbons (Fsp3) is 0.533. The van der Waals surface area contributed by atoms with E-state index in [-0.39, 0.29) is 5.91 Å². The zero-order valence-electron chi connectivity index (χ0n) is 12.7. The average Bonchev–Trinajstić information content (AvgIpc) is 2.39. The molecule has 1 aromatic carbocycles. The third kappa shape index (κ3) is 6.54. The number of para-hydroxylation sites is 2. The van der Waals surface area contributed by atoms with Crippen LogP contribution in [0.15, 0.2) is 24.3 Å². The van der Waals surface area contributed by atoms with Crippen molar-refractivity contribution in [2.24, 2.45) is 0 Å². The lowest BCUT2D eigenvalue weighted by atomic mass is 10.2.